The van der Waals surface area contributed by atoms with Crippen LogP contribution in [0.1, 0.15) is 27.6 Å². The standard InChI is InChI=1S/C21H18O4S/c1-16-12-14-19(15-13-16)26(23,24)25-21(18-10-6-3-7-11-18)20(22)17-8-4-2-5-9-17/h2-15,21H,1H3. The zero-order valence-corrected chi connectivity index (χ0v) is 15.0. The molecule has 26 heavy (non-hydrogen) atoms. The number of benzene rings is 3. The Labute approximate surface area is 153 Å². The van der Waals surface area contributed by atoms with Crippen LogP contribution < -0.4 is 0 Å². The van der Waals surface area contributed by atoms with Gasteiger partial charge in [0, 0.05) is 5.56 Å². The van der Waals surface area contributed by atoms with Gasteiger partial charge in [-0.1, -0.05) is 78.4 Å². The lowest BCUT2D eigenvalue weighted by atomic mass is 10.0. The highest BCUT2D eigenvalue weighted by atomic mass is 32.2. The Kier molecular flexibility index (Phi) is 5.30. The zero-order chi connectivity index (χ0) is 18.6. The summed E-state index contributed by atoms with van der Waals surface area (Å²) in [5.41, 5.74) is 1.81. The minimum atomic E-state index is -4.10. The van der Waals surface area contributed by atoms with Crippen LogP contribution in [0, 0.1) is 6.92 Å². The van der Waals surface area contributed by atoms with Gasteiger partial charge in [0.1, 0.15) is 0 Å². The molecule has 0 saturated carbocycles. The third kappa shape index (κ3) is 4.07. The number of hydrogen-bond donors (Lipinski definition) is 0. The quantitative estimate of drug-likeness (QED) is 0.481. The first-order valence-corrected chi connectivity index (χ1v) is 9.52. The molecule has 0 fully saturated rings. The van der Waals surface area contributed by atoms with E-state index in [1.165, 1.54) is 12.1 Å². The molecule has 0 aliphatic heterocycles. The average molecular weight is 366 g/mol. The largest absolute Gasteiger partial charge is 0.298 e. The average Bonchev–Trinajstić information content (AvgIpc) is 2.67. The second kappa shape index (κ2) is 7.64. The van der Waals surface area contributed by atoms with Crippen molar-refractivity contribution in [3.8, 4) is 0 Å². The van der Waals surface area contributed by atoms with Crippen LogP contribution in [0.25, 0.3) is 0 Å². The van der Waals surface area contributed by atoms with Crippen molar-refractivity contribution in [1.82, 2.24) is 0 Å². The van der Waals surface area contributed by atoms with Gasteiger partial charge in [-0.25, -0.2) is 4.18 Å². The van der Waals surface area contributed by atoms with E-state index in [0.717, 1.165) is 5.56 Å². The first kappa shape index (κ1) is 18.0. The Morgan fingerprint density at radius 1 is 0.808 bits per heavy atom. The van der Waals surface area contributed by atoms with E-state index in [9.17, 15) is 13.2 Å². The van der Waals surface area contributed by atoms with Gasteiger partial charge in [0.15, 0.2) is 11.9 Å². The fourth-order valence-electron chi connectivity index (χ4n) is 2.52. The van der Waals surface area contributed by atoms with E-state index in [1.54, 1.807) is 72.8 Å². The van der Waals surface area contributed by atoms with E-state index in [0.29, 0.717) is 11.1 Å². The van der Waals surface area contributed by atoms with Crippen LogP contribution in [0.5, 0.6) is 0 Å². The first-order valence-electron chi connectivity index (χ1n) is 8.11. The molecule has 0 saturated heterocycles. The smallest absolute Gasteiger partial charge is 0.291 e. The molecule has 0 radical (unpaired) electrons. The topological polar surface area (TPSA) is 60.4 Å². The van der Waals surface area contributed by atoms with Gasteiger partial charge in [-0.15, -0.1) is 0 Å². The maximum absolute atomic E-state index is 12.9. The first-order chi connectivity index (χ1) is 12.5. The molecule has 3 aromatic rings. The number of Topliss-reactive ketones (excluding diaryl/α,β-unsaturated/α-hetero) is 1. The predicted molar refractivity (Wildman–Crippen MR) is 99.4 cm³/mol. The van der Waals surface area contributed by atoms with Crippen LogP contribution >= 0.6 is 0 Å². The third-order valence-electron chi connectivity index (χ3n) is 3.93. The van der Waals surface area contributed by atoms with Crippen LogP contribution in [0.3, 0.4) is 0 Å². The second-order valence-corrected chi connectivity index (χ2v) is 7.46. The van der Waals surface area contributed by atoms with Crippen molar-refractivity contribution in [2.45, 2.75) is 17.9 Å². The number of hydrogen-bond acceptors (Lipinski definition) is 4. The lowest BCUT2D eigenvalue weighted by Crippen LogP contribution is -2.20. The Bertz CT molecular complexity index is 979. The van der Waals surface area contributed by atoms with Crippen molar-refractivity contribution >= 4 is 15.9 Å². The number of carbonyl (C=O) groups excluding carboxylic acids is 1. The molecule has 5 heteroatoms. The molecule has 132 valence electrons. The third-order valence-corrected chi connectivity index (χ3v) is 5.23. The van der Waals surface area contributed by atoms with Crippen LogP contribution in [0.4, 0.5) is 0 Å². The highest BCUT2D eigenvalue weighted by Gasteiger charge is 2.29. The summed E-state index contributed by atoms with van der Waals surface area (Å²) in [6.45, 7) is 1.86. The molecule has 1 atom stereocenters. The molecule has 0 heterocycles. The highest BCUT2D eigenvalue weighted by molar-refractivity contribution is 7.86. The maximum atomic E-state index is 12.9. The van der Waals surface area contributed by atoms with Gasteiger partial charge in [-0.05, 0) is 24.6 Å². The second-order valence-electron chi connectivity index (χ2n) is 5.88. The van der Waals surface area contributed by atoms with E-state index >= 15 is 0 Å². The molecule has 4 nitrogen and oxygen atoms in total. The Balaban J connectivity index is 1.99. The summed E-state index contributed by atoms with van der Waals surface area (Å²) >= 11 is 0. The minimum Gasteiger partial charge on any atom is -0.291 e. The summed E-state index contributed by atoms with van der Waals surface area (Å²) in [4.78, 5) is 12.9. The lowest BCUT2D eigenvalue weighted by molar-refractivity contribution is 0.0801. The molecular formula is C21H18O4S. The van der Waals surface area contributed by atoms with Gasteiger partial charge in [0.05, 0.1) is 4.90 Å². The van der Waals surface area contributed by atoms with Crippen LogP contribution in [0.2, 0.25) is 0 Å². The summed E-state index contributed by atoms with van der Waals surface area (Å²) in [7, 11) is -4.10. The van der Waals surface area contributed by atoms with Crippen molar-refractivity contribution in [2.24, 2.45) is 0 Å². The maximum Gasteiger partial charge on any atom is 0.298 e. The van der Waals surface area contributed by atoms with E-state index in [4.69, 9.17) is 4.18 Å². The molecule has 0 N–H and O–H groups in total. The van der Waals surface area contributed by atoms with Crippen LogP contribution in [-0.4, -0.2) is 14.2 Å². The van der Waals surface area contributed by atoms with E-state index in [1.807, 2.05) is 6.92 Å². The summed E-state index contributed by atoms with van der Waals surface area (Å²) in [5, 5.41) is 0. The van der Waals surface area contributed by atoms with Crippen LogP contribution in [0.15, 0.2) is 89.8 Å². The number of ketones is 1. The van der Waals surface area contributed by atoms with E-state index in [-0.39, 0.29) is 4.90 Å². The Hall–Kier alpha value is -2.76. The van der Waals surface area contributed by atoms with Crippen molar-refractivity contribution in [3.05, 3.63) is 102 Å². The van der Waals surface area contributed by atoms with Gasteiger partial charge in [0.25, 0.3) is 10.1 Å². The fourth-order valence-corrected chi connectivity index (χ4v) is 3.55. The van der Waals surface area contributed by atoms with Crippen LogP contribution in [-0.2, 0) is 14.3 Å². The van der Waals surface area contributed by atoms with Gasteiger partial charge in [-0.2, -0.15) is 8.42 Å². The van der Waals surface area contributed by atoms with Crippen molar-refractivity contribution in [2.75, 3.05) is 0 Å². The van der Waals surface area contributed by atoms with Gasteiger partial charge < -0.3 is 0 Å². The molecule has 0 aliphatic rings. The molecule has 0 aliphatic carbocycles. The van der Waals surface area contributed by atoms with E-state index in [2.05, 4.69) is 0 Å². The lowest BCUT2D eigenvalue weighted by Gasteiger charge is -2.17. The van der Waals surface area contributed by atoms with E-state index < -0.39 is 22.0 Å². The van der Waals surface area contributed by atoms with Gasteiger partial charge in [-0.3, -0.25) is 4.79 Å². The molecule has 0 amide bonds. The molecule has 1 unspecified atom stereocenters. The molecule has 0 spiro atoms. The minimum absolute atomic E-state index is 0.0184. The van der Waals surface area contributed by atoms with Crippen molar-refractivity contribution in [3.63, 3.8) is 0 Å². The van der Waals surface area contributed by atoms with Gasteiger partial charge >= 0.3 is 0 Å². The number of carbonyl (C=O) groups is 1. The SMILES string of the molecule is Cc1ccc(S(=O)(=O)OC(C(=O)c2ccccc2)c2ccccc2)cc1. The molecule has 3 rings (SSSR count). The number of aryl methyl sites for hydroxylation is 1. The van der Waals surface area contributed by atoms with Crippen molar-refractivity contribution in [1.29, 1.82) is 0 Å². The molecule has 3 aromatic carbocycles. The fraction of sp³-hybridized carbons (Fsp3) is 0.0952. The monoisotopic (exact) mass is 366 g/mol. The molecule has 0 aromatic heterocycles. The predicted octanol–water partition coefficient (Wildman–Crippen LogP) is 4.32. The van der Waals surface area contributed by atoms with Crippen molar-refractivity contribution < 1.29 is 17.4 Å². The summed E-state index contributed by atoms with van der Waals surface area (Å²) in [5.74, 6) is -0.410. The molecule has 0 bridgehead atoms. The highest BCUT2D eigenvalue weighted by Crippen LogP contribution is 2.27. The normalized spacial score (nSPS) is 12.5. The number of rotatable bonds is 6. The Morgan fingerprint density at radius 3 is 1.92 bits per heavy atom. The summed E-state index contributed by atoms with van der Waals surface area (Å²) in [6, 6.07) is 23.5. The van der Waals surface area contributed by atoms with Gasteiger partial charge in [0.2, 0.25) is 0 Å². The summed E-state index contributed by atoms with van der Waals surface area (Å²) < 4.78 is 30.8. The Morgan fingerprint density at radius 2 is 1.35 bits per heavy atom. The zero-order valence-electron chi connectivity index (χ0n) is 14.2. The molecular weight excluding hydrogens is 348 g/mol. The summed E-state index contributed by atoms with van der Waals surface area (Å²) in [6.07, 6.45) is -1.25.